The number of carbonyl (C=O) groups excluding carboxylic acids is 1. The minimum Gasteiger partial charge on any atom is -0.444 e. The first kappa shape index (κ1) is 22.7. The number of amides is 1. The number of nitrogens with zero attached hydrogens (tertiary/aromatic N) is 3. The molecular formula is C21H28F3N3O2S. The van der Waals surface area contributed by atoms with Crippen LogP contribution in [0.4, 0.5) is 23.1 Å². The number of fused-ring (bicyclic) bond motifs is 1. The number of piperazine rings is 1. The Morgan fingerprint density at radius 1 is 1.27 bits per heavy atom. The molecule has 0 unspecified atom stereocenters. The average molecular weight is 444 g/mol. The Morgan fingerprint density at radius 2 is 1.97 bits per heavy atom. The third-order valence-corrected chi connectivity index (χ3v) is 5.88. The van der Waals surface area contributed by atoms with Gasteiger partial charge in [0.25, 0.3) is 0 Å². The van der Waals surface area contributed by atoms with Gasteiger partial charge in [0.1, 0.15) is 5.60 Å². The van der Waals surface area contributed by atoms with Crippen molar-refractivity contribution < 1.29 is 22.7 Å². The zero-order valence-corrected chi connectivity index (χ0v) is 18.7. The van der Waals surface area contributed by atoms with Crippen LogP contribution in [0.3, 0.4) is 0 Å². The van der Waals surface area contributed by atoms with E-state index in [9.17, 15) is 18.0 Å². The maximum atomic E-state index is 13.0. The second-order valence-corrected chi connectivity index (χ2v) is 10.1. The van der Waals surface area contributed by atoms with Crippen molar-refractivity contribution in [2.24, 2.45) is 5.92 Å². The molecule has 1 aliphatic heterocycles. The molecule has 1 aromatic carbocycles. The first-order chi connectivity index (χ1) is 13.8. The predicted octanol–water partition coefficient (Wildman–Crippen LogP) is 5.79. The topological polar surface area (TPSA) is 45.7 Å². The van der Waals surface area contributed by atoms with Gasteiger partial charge in [0.15, 0.2) is 5.13 Å². The molecule has 5 nitrogen and oxygen atoms in total. The van der Waals surface area contributed by atoms with Crippen LogP contribution in [0.5, 0.6) is 0 Å². The molecule has 166 valence electrons. The molecule has 2 aromatic rings. The fourth-order valence-electron chi connectivity index (χ4n) is 3.56. The summed E-state index contributed by atoms with van der Waals surface area (Å²) in [5.74, 6) is 0.391. The van der Waals surface area contributed by atoms with E-state index in [1.807, 2.05) is 20.8 Å². The van der Waals surface area contributed by atoms with E-state index in [2.05, 4.69) is 23.7 Å². The number of anilines is 1. The summed E-state index contributed by atoms with van der Waals surface area (Å²) in [6, 6.07) is 3.67. The number of rotatable bonds is 3. The highest BCUT2D eigenvalue weighted by atomic mass is 32.1. The van der Waals surface area contributed by atoms with E-state index in [0.717, 1.165) is 18.6 Å². The lowest BCUT2D eigenvalue weighted by atomic mass is 10.0. The standard InChI is InChI=1S/C21H28F3N3O2S/c1-13(2)10-15-12-26(19(28)29-20(3,4)5)8-9-27(15)18-25-16-7-6-14(21(22,23)24)11-17(16)30-18/h6-7,11,13,15H,8-10,12H2,1-5H3/t15-/m0/s1. The maximum Gasteiger partial charge on any atom is 0.416 e. The SMILES string of the molecule is CC(C)C[C@H]1CN(C(=O)OC(C)(C)C)CCN1c1nc2ccc(C(F)(F)F)cc2s1. The zero-order chi connectivity index (χ0) is 22.3. The molecule has 0 saturated carbocycles. The number of hydrogen-bond acceptors (Lipinski definition) is 5. The van der Waals surface area contributed by atoms with Gasteiger partial charge in [0.2, 0.25) is 0 Å². The largest absolute Gasteiger partial charge is 0.444 e. The quantitative estimate of drug-likeness (QED) is 0.603. The van der Waals surface area contributed by atoms with Gasteiger partial charge in [-0.05, 0) is 51.3 Å². The van der Waals surface area contributed by atoms with Crippen molar-refractivity contribution in [3.05, 3.63) is 23.8 Å². The van der Waals surface area contributed by atoms with Crippen molar-refractivity contribution >= 4 is 32.8 Å². The molecule has 1 atom stereocenters. The van der Waals surface area contributed by atoms with Crippen LogP contribution in [0.15, 0.2) is 18.2 Å². The van der Waals surface area contributed by atoms with Gasteiger partial charge in [-0.2, -0.15) is 13.2 Å². The average Bonchev–Trinajstić information content (AvgIpc) is 3.01. The number of alkyl halides is 3. The van der Waals surface area contributed by atoms with Crippen molar-refractivity contribution in [1.29, 1.82) is 0 Å². The molecule has 3 rings (SSSR count). The summed E-state index contributed by atoms with van der Waals surface area (Å²) in [5.41, 5.74) is -0.676. The van der Waals surface area contributed by atoms with E-state index in [4.69, 9.17) is 4.74 Å². The molecular weight excluding hydrogens is 415 g/mol. The first-order valence-corrected chi connectivity index (χ1v) is 10.9. The van der Waals surface area contributed by atoms with Crippen molar-refractivity contribution in [3.63, 3.8) is 0 Å². The van der Waals surface area contributed by atoms with Crippen molar-refractivity contribution in [2.75, 3.05) is 24.5 Å². The van der Waals surface area contributed by atoms with Gasteiger partial charge >= 0.3 is 12.3 Å². The molecule has 1 fully saturated rings. The number of carbonyl (C=O) groups is 1. The number of aromatic nitrogens is 1. The second kappa shape index (κ2) is 8.24. The fraction of sp³-hybridized carbons (Fsp3) is 0.619. The Balaban J connectivity index is 1.84. The van der Waals surface area contributed by atoms with Crippen molar-refractivity contribution in [3.8, 4) is 0 Å². The summed E-state index contributed by atoms with van der Waals surface area (Å²) in [6.07, 6.45) is -3.88. The summed E-state index contributed by atoms with van der Waals surface area (Å²) in [6.45, 7) is 11.3. The molecule has 1 aliphatic rings. The van der Waals surface area contributed by atoms with E-state index in [1.165, 1.54) is 17.4 Å². The summed E-state index contributed by atoms with van der Waals surface area (Å²) in [5, 5.41) is 0.693. The minimum atomic E-state index is -4.38. The van der Waals surface area contributed by atoms with Gasteiger partial charge in [-0.25, -0.2) is 9.78 Å². The van der Waals surface area contributed by atoms with Crippen LogP contribution < -0.4 is 4.90 Å². The first-order valence-electron chi connectivity index (χ1n) is 10.1. The van der Waals surface area contributed by atoms with Crippen molar-refractivity contribution in [2.45, 2.75) is 58.9 Å². The van der Waals surface area contributed by atoms with Gasteiger partial charge in [0.05, 0.1) is 15.8 Å². The van der Waals surface area contributed by atoms with Crippen LogP contribution in [-0.4, -0.2) is 47.3 Å². The van der Waals surface area contributed by atoms with E-state index in [0.29, 0.717) is 40.9 Å². The van der Waals surface area contributed by atoms with Gasteiger partial charge in [-0.3, -0.25) is 0 Å². The summed E-state index contributed by atoms with van der Waals surface area (Å²) in [4.78, 5) is 21.0. The number of halogens is 3. The smallest absolute Gasteiger partial charge is 0.416 e. The summed E-state index contributed by atoms with van der Waals surface area (Å²) in [7, 11) is 0. The van der Waals surface area contributed by atoms with Crippen LogP contribution in [0, 0.1) is 5.92 Å². The van der Waals surface area contributed by atoms with E-state index in [-0.39, 0.29) is 12.1 Å². The summed E-state index contributed by atoms with van der Waals surface area (Å²) < 4.78 is 45.2. The van der Waals surface area contributed by atoms with Crippen LogP contribution in [-0.2, 0) is 10.9 Å². The number of benzene rings is 1. The van der Waals surface area contributed by atoms with Gasteiger partial charge in [-0.1, -0.05) is 25.2 Å². The van der Waals surface area contributed by atoms with Crippen molar-refractivity contribution in [1.82, 2.24) is 9.88 Å². The van der Waals surface area contributed by atoms with Gasteiger partial charge < -0.3 is 14.5 Å². The Morgan fingerprint density at radius 3 is 2.57 bits per heavy atom. The maximum absolute atomic E-state index is 13.0. The van der Waals surface area contributed by atoms with Crippen LogP contribution in [0.1, 0.15) is 46.6 Å². The van der Waals surface area contributed by atoms with E-state index >= 15 is 0 Å². The van der Waals surface area contributed by atoms with Gasteiger partial charge in [-0.15, -0.1) is 0 Å². The molecule has 1 amide bonds. The third kappa shape index (κ3) is 5.36. The third-order valence-electron chi connectivity index (χ3n) is 4.83. The minimum absolute atomic E-state index is 0.0221. The summed E-state index contributed by atoms with van der Waals surface area (Å²) >= 11 is 1.26. The fourth-order valence-corrected chi connectivity index (χ4v) is 4.66. The van der Waals surface area contributed by atoms with E-state index < -0.39 is 17.3 Å². The lowest BCUT2D eigenvalue weighted by molar-refractivity contribution is -0.137. The molecule has 0 radical (unpaired) electrons. The molecule has 30 heavy (non-hydrogen) atoms. The molecule has 0 aliphatic carbocycles. The van der Waals surface area contributed by atoms with E-state index in [1.54, 1.807) is 4.90 Å². The molecule has 9 heteroatoms. The lowest BCUT2D eigenvalue weighted by Gasteiger charge is -2.42. The molecule has 1 saturated heterocycles. The molecule has 2 heterocycles. The monoisotopic (exact) mass is 443 g/mol. The predicted molar refractivity (Wildman–Crippen MR) is 113 cm³/mol. The highest BCUT2D eigenvalue weighted by molar-refractivity contribution is 7.22. The molecule has 0 spiro atoms. The Hall–Kier alpha value is -2.03. The Kier molecular flexibility index (Phi) is 6.23. The molecule has 0 N–H and O–H groups in total. The number of ether oxygens (including phenoxy) is 1. The highest BCUT2D eigenvalue weighted by Crippen LogP contribution is 2.37. The zero-order valence-electron chi connectivity index (χ0n) is 17.9. The van der Waals surface area contributed by atoms with Crippen LogP contribution in [0.2, 0.25) is 0 Å². The van der Waals surface area contributed by atoms with Gasteiger partial charge in [0, 0.05) is 25.7 Å². The van der Waals surface area contributed by atoms with Crippen LogP contribution in [0.25, 0.3) is 10.2 Å². The van der Waals surface area contributed by atoms with Crippen LogP contribution >= 0.6 is 11.3 Å². The molecule has 0 bridgehead atoms. The highest BCUT2D eigenvalue weighted by Gasteiger charge is 2.34. The second-order valence-electron chi connectivity index (χ2n) is 9.08. The number of hydrogen-bond donors (Lipinski definition) is 0. The number of thiazole rings is 1. The Labute approximate surface area is 178 Å². The lowest BCUT2D eigenvalue weighted by Crippen LogP contribution is -2.56. The normalized spacial score (nSPS) is 18.4. The molecule has 1 aromatic heterocycles. The Bertz CT molecular complexity index is 905.